The van der Waals surface area contributed by atoms with Crippen LogP contribution in [0.4, 0.5) is 0 Å². The highest BCUT2D eigenvalue weighted by Gasteiger charge is 2.15. The number of aromatic nitrogens is 3. The van der Waals surface area contributed by atoms with Crippen LogP contribution in [0.25, 0.3) is 5.69 Å². The lowest BCUT2D eigenvalue weighted by Crippen LogP contribution is -2.07. The first-order valence-electron chi connectivity index (χ1n) is 7.97. The molecule has 3 aromatic rings. The molecule has 0 bridgehead atoms. The van der Waals surface area contributed by atoms with Gasteiger partial charge in [0.15, 0.2) is 11.0 Å². The van der Waals surface area contributed by atoms with Crippen molar-refractivity contribution in [2.75, 3.05) is 5.75 Å². The number of nitrogens with zero attached hydrogens (tertiary/aromatic N) is 4. The number of ether oxygens (including phenoxy) is 1. The van der Waals surface area contributed by atoms with Gasteiger partial charge in [-0.25, -0.2) is 0 Å². The number of hydrogen-bond donors (Lipinski definition) is 0. The molecule has 1 heterocycles. The van der Waals surface area contributed by atoms with E-state index in [9.17, 15) is 0 Å². The highest BCUT2D eigenvalue weighted by Crippen LogP contribution is 2.24. The average Bonchev–Trinajstić information content (AvgIpc) is 3.05. The predicted octanol–water partition coefficient (Wildman–Crippen LogP) is 4.16. The average molecular weight is 350 g/mol. The van der Waals surface area contributed by atoms with Crippen molar-refractivity contribution in [3.05, 3.63) is 66.0 Å². The summed E-state index contributed by atoms with van der Waals surface area (Å²) in [6.45, 7) is 2.34. The Morgan fingerprint density at radius 2 is 1.84 bits per heavy atom. The van der Waals surface area contributed by atoms with Gasteiger partial charge in [0.25, 0.3) is 0 Å². The molecule has 0 radical (unpaired) electrons. The van der Waals surface area contributed by atoms with Gasteiger partial charge in [-0.3, -0.25) is 4.57 Å². The standard InChI is InChI=1S/C19H18N4OS/c1-15-8-5-6-11-17(15)24-14-18-21-22-19(25-13-7-12-20)23(18)16-9-3-2-4-10-16/h2-6,8-11H,7,13-14H2,1H3. The molecule has 126 valence electrons. The fraction of sp³-hybridized carbons (Fsp3) is 0.211. The van der Waals surface area contributed by atoms with Crippen molar-refractivity contribution in [3.8, 4) is 17.5 Å². The normalized spacial score (nSPS) is 10.4. The molecule has 0 aliphatic rings. The van der Waals surface area contributed by atoms with Crippen LogP contribution in [0.2, 0.25) is 0 Å². The molecule has 0 aliphatic carbocycles. The van der Waals surface area contributed by atoms with Gasteiger partial charge in [0.05, 0.1) is 6.07 Å². The number of nitriles is 1. The molecule has 5 nitrogen and oxygen atoms in total. The van der Waals surface area contributed by atoms with E-state index in [0.29, 0.717) is 18.8 Å². The van der Waals surface area contributed by atoms with Crippen LogP contribution in [0.3, 0.4) is 0 Å². The van der Waals surface area contributed by atoms with Gasteiger partial charge in [-0.05, 0) is 30.7 Å². The minimum Gasteiger partial charge on any atom is -0.485 e. The van der Waals surface area contributed by atoms with E-state index in [-0.39, 0.29) is 0 Å². The third kappa shape index (κ3) is 4.20. The van der Waals surface area contributed by atoms with Crippen molar-refractivity contribution < 1.29 is 4.74 Å². The molecule has 25 heavy (non-hydrogen) atoms. The molecule has 3 rings (SSSR count). The van der Waals surface area contributed by atoms with Crippen LogP contribution >= 0.6 is 11.8 Å². The highest BCUT2D eigenvalue weighted by molar-refractivity contribution is 7.99. The Kier molecular flexibility index (Phi) is 5.70. The van der Waals surface area contributed by atoms with Gasteiger partial charge in [-0.1, -0.05) is 48.2 Å². The molecule has 0 atom stereocenters. The topological polar surface area (TPSA) is 63.7 Å². The molecule has 2 aromatic carbocycles. The van der Waals surface area contributed by atoms with Crippen LogP contribution < -0.4 is 4.74 Å². The molecule has 0 saturated heterocycles. The van der Waals surface area contributed by atoms with Crippen molar-refractivity contribution >= 4 is 11.8 Å². The summed E-state index contributed by atoms with van der Waals surface area (Å²) in [4.78, 5) is 0. The van der Waals surface area contributed by atoms with E-state index in [1.165, 1.54) is 11.8 Å². The molecular weight excluding hydrogens is 332 g/mol. The van der Waals surface area contributed by atoms with Crippen LogP contribution in [0.1, 0.15) is 17.8 Å². The van der Waals surface area contributed by atoms with Crippen LogP contribution in [-0.2, 0) is 6.61 Å². The lowest BCUT2D eigenvalue weighted by molar-refractivity contribution is 0.291. The van der Waals surface area contributed by atoms with Gasteiger partial charge in [-0.15, -0.1) is 10.2 Å². The molecule has 1 aromatic heterocycles. The van der Waals surface area contributed by atoms with Crippen molar-refractivity contribution in [2.24, 2.45) is 0 Å². The quantitative estimate of drug-likeness (QED) is 0.473. The number of aryl methyl sites for hydroxylation is 1. The summed E-state index contributed by atoms with van der Waals surface area (Å²) >= 11 is 1.52. The number of hydrogen-bond acceptors (Lipinski definition) is 5. The van der Waals surface area contributed by atoms with E-state index in [2.05, 4.69) is 16.3 Å². The maximum absolute atomic E-state index is 8.75. The van der Waals surface area contributed by atoms with Crippen LogP contribution in [0, 0.1) is 18.3 Å². The van der Waals surface area contributed by atoms with E-state index in [1.807, 2.05) is 66.1 Å². The maximum Gasteiger partial charge on any atom is 0.195 e. The lowest BCUT2D eigenvalue weighted by Gasteiger charge is -2.12. The van der Waals surface area contributed by atoms with Crippen molar-refractivity contribution in [1.29, 1.82) is 5.26 Å². The SMILES string of the molecule is Cc1ccccc1OCc1nnc(SCCC#N)n1-c1ccccc1. The molecule has 0 N–H and O–H groups in total. The summed E-state index contributed by atoms with van der Waals surface area (Å²) in [5, 5.41) is 18.1. The van der Waals surface area contributed by atoms with E-state index in [4.69, 9.17) is 10.00 Å². The second-order valence-corrected chi connectivity index (χ2v) is 6.44. The summed E-state index contributed by atoms with van der Waals surface area (Å²) in [6.07, 6.45) is 0.474. The Hall–Kier alpha value is -2.78. The predicted molar refractivity (Wildman–Crippen MR) is 97.8 cm³/mol. The second kappa shape index (κ2) is 8.36. The summed E-state index contributed by atoms with van der Waals surface area (Å²) < 4.78 is 7.93. The van der Waals surface area contributed by atoms with E-state index >= 15 is 0 Å². The summed E-state index contributed by atoms with van der Waals surface area (Å²) in [6, 6.07) is 20.0. The first kappa shape index (κ1) is 17.1. The van der Waals surface area contributed by atoms with Crippen LogP contribution in [0.5, 0.6) is 5.75 Å². The monoisotopic (exact) mass is 350 g/mol. The molecule has 0 spiro atoms. The number of para-hydroxylation sites is 2. The Labute approximate surface area is 151 Å². The molecule has 6 heteroatoms. The van der Waals surface area contributed by atoms with Crippen molar-refractivity contribution in [2.45, 2.75) is 25.1 Å². The third-order valence-electron chi connectivity index (χ3n) is 3.61. The fourth-order valence-corrected chi connectivity index (χ4v) is 3.19. The Balaban J connectivity index is 1.86. The largest absolute Gasteiger partial charge is 0.485 e. The third-order valence-corrected chi connectivity index (χ3v) is 4.54. The Morgan fingerprint density at radius 3 is 2.60 bits per heavy atom. The Bertz CT molecular complexity index is 871. The second-order valence-electron chi connectivity index (χ2n) is 5.38. The van der Waals surface area contributed by atoms with Gasteiger partial charge < -0.3 is 4.74 Å². The van der Waals surface area contributed by atoms with Gasteiger partial charge in [-0.2, -0.15) is 5.26 Å². The number of rotatable bonds is 7. The first-order chi connectivity index (χ1) is 12.3. The summed E-state index contributed by atoms with van der Waals surface area (Å²) in [5.41, 5.74) is 2.06. The molecule has 0 unspecified atom stereocenters. The first-order valence-corrected chi connectivity index (χ1v) is 8.96. The maximum atomic E-state index is 8.75. The van der Waals surface area contributed by atoms with E-state index < -0.39 is 0 Å². The molecule has 0 saturated carbocycles. The van der Waals surface area contributed by atoms with Crippen molar-refractivity contribution in [1.82, 2.24) is 14.8 Å². The summed E-state index contributed by atoms with van der Waals surface area (Å²) in [7, 11) is 0. The fourth-order valence-electron chi connectivity index (χ4n) is 2.37. The smallest absolute Gasteiger partial charge is 0.195 e. The van der Waals surface area contributed by atoms with E-state index in [0.717, 1.165) is 28.0 Å². The molecular formula is C19H18N4OS. The zero-order valence-electron chi connectivity index (χ0n) is 13.9. The van der Waals surface area contributed by atoms with Crippen LogP contribution in [-0.4, -0.2) is 20.5 Å². The Morgan fingerprint density at radius 1 is 1.08 bits per heavy atom. The zero-order valence-corrected chi connectivity index (χ0v) is 14.7. The molecule has 0 fully saturated rings. The number of benzene rings is 2. The van der Waals surface area contributed by atoms with Crippen molar-refractivity contribution in [3.63, 3.8) is 0 Å². The minimum atomic E-state index is 0.325. The van der Waals surface area contributed by atoms with Gasteiger partial charge >= 0.3 is 0 Å². The highest BCUT2D eigenvalue weighted by atomic mass is 32.2. The van der Waals surface area contributed by atoms with E-state index in [1.54, 1.807) is 0 Å². The zero-order chi connectivity index (χ0) is 17.5. The molecule has 0 aliphatic heterocycles. The van der Waals surface area contributed by atoms with Crippen LogP contribution in [0.15, 0.2) is 59.8 Å². The minimum absolute atomic E-state index is 0.325. The van der Waals surface area contributed by atoms with Gasteiger partial charge in [0.2, 0.25) is 0 Å². The summed E-state index contributed by atoms with van der Waals surface area (Å²) in [5.74, 6) is 2.25. The number of thioether (sulfide) groups is 1. The van der Waals surface area contributed by atoms with Gasteiger partial charge in [0, 0.05) is 17.9 Å². The van der Waals surface area contributed by atoms with Gasteiger partial charge in [0.1, 0.15) is 12.4 Å². The lowest BCUT2D eigenvalue weighted by atomic mass is 10.2. The molecule has 0 amide bonds.